The largest absolute Gasteiger partial charge is 0.449 e. The van der Waals surface area contributed by atoms with Gasteiger partial charge in [-0.25, -0.2) is 4.79 Å². The van der Waals surface area contributed by atoms with E-state index >= 15 is 0 Å². The minimum atomic E-state index is -0.605. The highest BCUT2D eigenvalue weighted by molar-refractivity contribution is 5.96. The molecule has 0 N–H and O–H groups in total. The maximum absolute atomic E-state index is 12.2. The normalized spacial score (nSPS) is 10.3. The summed E-state index contributed by atoms with van der Waals surface area (Å²) in [5.74, 6) is -0.222. The lowest BCUT2D eigenvalue weighted by Gasteiger charge is -2.04. The van der Waals surface area contributed by atoms with E-state index in [1.54, 1.807) is 37.3 Å². The number of furan rings is 1. The molecular weight excluding hydrogens is 266 g/mol. The zero-order valence-corrected chi connectivity index (χ0v) is 11.3. The zero-order valence-electron chi connectivity index (χ0n) is 11.3. The molecule has 0 atom stereocenters. The van der Waals surface area contributed by atoms with Gasteiger partial charge in [-0.3, -0.25) is 0 Å². The monoisotopic (exact) mass is 277 g/mol. The van der Waals surface area contributed by atoms with Gasteiger partial charge in [-0.2, -0.15) is 5.26 Å². The van der Waals surface area contributed by atoms with Crippen molar-refractivity contribution in [3.63, 3.8) is 0 Å². The van der Waals surface area contributed by atoms with Gasteiger partial charge in [0.15, 0.2) is 0 Å². The second kappa shape index (κ2) is 5.14. The Kier molecular flexibility index (Phi) is 3.17. The van der Waals surface area contributed by atoms with Crippen LogP contribution in [0.25, 0.3) is 11.0 Å². The first-order valence-corrected chi connectivity index (χ1v) is 6.40. The number of carbonyl (C=O) groups is 1. The lowest BCUT2D eigenvalue weighted by molar-refractivity contribution is 0.0702. The number of hydrogen-bond acceptors (Lipinski definition) is 4. The van der Waals surface area contributed by atoms with Crippen molar-refractivity contribution in [1.82, 2.24) is 0 Å². The number of benzene rings is 2. The fraction of sp³-hybridized carbons (Fsp3) is 0.0588. The second-order valence-electron chi connectivity index (χ2n) is 4.55. The lowest BCUT2D eigenvalue weighted by Crippen LogP contribution is -2.09. The molecule has 21 heavy (non-hydrogen) atoms. The first-order valence-electron chi connectivity index (χ1n) is 6.40. The summed E-state index contributed by atoms with van der Waals surface area (Å²) in [5.41, 5.74) is 1.67. The first kappa shape index (κ1) is 12.9. The lowest BCUT2D eigenvalue weighted by atomic mass is 10.1. The van der Waals surface area contributed by atoms with Crippen LogP contribution in [0, 0.1) is 18.3 Å². The number of ether oxygens (including phenoxy) is 1. The molecule has 0 spiro atoms. The van der Waals surface area contributed by atoms with Crippen molar-refractivity contribution in [1.29, 1.82) is 5.26 Å². The van der Waals surface area contributed by atoms with Gasteiger partial charge in [-0.15, -0.1) is 0 Å². The highest BCUT2D eigenvalue weighted by atomic mass is 16.5. The van der Waals surface area contributed by atoms with Gasteiger partial charge in [0, 0.05) is 10.9 Å². The second-order valence-corrected chi connectivity index (χ2v) is 4.55. The van der Waals surface area contributed by atoms with Gasteiger partial charge in [0.2, 0.25) is 5.76 Å². The van der Waals surface area contributed by atoms with Crippen LogP contribution in [0.5, 0.6) is 5.75 Å². The summed E-state index contributed by atoms with van der Waals surface area (Å²) in [7, 11) is 0. The highest BCUT2D eigenvalue weighted by Crippen LogP contribution is 2.26. The molecule has 0 fully saturated rings. The Morgan fingerprint density at radius 1 is 1.14 bits per heavy atom. The van der Waals surface area contributed by atoms with Gasteiger partial charge in [0.05, 0.1) is 5.56 Å². The molecule has 0 aliphatic carbocycles. The molecule has 4 nitrogen and oxygen atoms in total. The molecule has 102 valence electrons. The van der Waals surface area contributed by atoms with Crippen LogP contribution in [0.2, 0.25) is 0 Å². The fourth-order valence-corrected chi connectivity index (χ4v) is 2.16. The van der Waals surface area contributed by atoms with E-state index in [0.717, 1.165) is 10.9 Å². The number of para-hydroxylation sites is 2. The molecule has 0 aliphatic rings. The molecule has 0 saturated heterocycles. The van der Waals surface area contributed by atoms with Gasteiger partial charge in [0.1, 0.15) is 17.4 Å². The summed E-state index contributed by atoms with van der Waals surface area (Å²) < 4.78 is 10.8. The van der Waals surface area contributed by atoms with Crippen LogP contribution in [0.15, 0.2) is 52.9 Å². The molecule has 0 bridgehead atoms. The van der Waals surface area contributed by atoms with Crippen LogP contribution < -0.4 is 4.74 Å². The fourth-order valence-electron chi connectivity index (χ4n) is 2.16. The maximum Gasteiger partial charge on any atom is 0.379 e. The van der Waals surface area contributed by atoms with Gasteiger partial charge < -0.3 is 9.15 Å². The Morgan fingerprint density at radius 3 is 2.62 bits per heavy atom. The van der Waals surface area contributed by atoms with E-state index in [9.17, 15) is 4.79 Å². The number of aryl methyl sites for hydroxylation is 1. The number of hydrogen-bond donors (Lipinski definition) is 0. The summed E-state index contributed by atoms with van der Waals surface area (Å²) in [4.78, 5) is 12.2. The number of nitriles is 1. The topological polar surface area (TPSA) is 63.2 Å². The molecule has 4 heteroatoms. The van der Waals surface area contributed by atoms with E-state index in [-0.39, 0.29) is 11.5 Å². The average Bonchev–Trinajstić information content (AvgIpc) is 2.85. The van der Waals surface area contributed by atoms with Crippen LogP contribution in [0.4, 0.5) is 0 Å². The van der Waals surface area contributed by atoms with Crippen LogP contribution in [0.3, 0.4) is 0 Å². The van der Waals surface area contributed by atoms with Crippen molar-refractivity contribution in [2.45, 2.75) is 6.92 Å². The maximum atomic E-state index is 12.2. The van der Waals surface area contributed by atoms with Crippen molar-refractivity contribution in [2.75, 3.05) is 0 Å². The SMILES string of the molecule is Cc1c(C(=O)Oc2ccccc2C#N)oc2ccccc12. The Balaban J connectivity index is 1.98. The smallest absolute Gasteiger partial charge is 0.379 e. The number of carbonyl (C=O) groups excluding carboxylic acids is 1. The van der Waals surface area contributed by atoms with Crippen molar-refractivity contribution >= 4 is 16.9 Å². The van der Waals surface area contributed by atoms with Gasteiger partial charge >= 0.3 is 5.97 Å². The van der Waals surface area contributed by atoms with Crippen molar-refractivity contribution < 1.29 is 13.9 Å². The highest BCUT2D eigenvalue weighted by Gasteiger charge is 2.20. The van der Waals surface area contributed by atoms with Gasteiger partial charge in [-0.1, -0.05) is 30.3 Å². The van der Waals surface area contributed by atoms with Crippen LogP contribution in [0.1, 0.15) is 21.7 Å². The molecule has 0 radical (unpaired) electrons. The van der Waals surface area contributed by atoms with E-state index < -0.39 is 5.97 Å². The summed E-state index contributed by atoms with van der Waals surface area (Å²) in [5, 5.41) is 9.88. The quantitative estimate of drug-likeness (QED) is 0.527. The Hall–Kier alpha value is -3.06. The van der Waals surface area contributed by atoms with E-state index in [4.69, 9.17) is 14.4 Å². The number of esters is 1. The molecule has 0 saturated carbocycles. The molecule has 0 aliphatic heterocycles. The molecular formula is C17H11NO3. The molecule has 0 unspecified atom stereocenters. The molecule has 1 heterocycles. The third kappa shape index (κ3) is 2.26. The minimum absolute atomic E-state index is 0.156. The molecule has 0 amide bonds. The Labute approximate surface area is 121 Å². The Morgan fingerprint density at radius 2 is 1.86 bits per heavy atom. The van der Waals surface area contributed by atoms with Gasteiger partial charge in [0.25, 0.3) is 0 Å². The minimum Gasteiger partial charge on any atom is -0.449 e. The van der Waals surface area contributed by atoms with Gasteiger partial charge in [-0.05, 0) is 25.1 Å². The first-order chi connectivity index (χ1) is 10.2. The summed E-state index contributed by atoms with van der Waals surface area (Å²) in [6.07, 6.45) is 0. The summed E-state index contributed by atoms with van der Waals surface area (Å²) >= 11 is 0. The zero-order chi connectivity index (χ0) is 14.8. The number of fused-ring (bicyclic) bond motifs is 1. The predicted molar refractivity (Wildman–Crippen MR) is 77.1 cm³/mol. The predicted octanol–water partition coefficient (Wildman–Crippen LogP) is 3.83. The summed E-state index contributed by atoms with van der Waals surface area (Å²) in [6, 6.07) is 16.0. The molecule has 1 aromatic heterocycles. The van der Waals surface area contributed by atoms with Crippen LogP contribution >= 0.6 is 0 Å². The Bertz CT molecular complexity index is 871. The molecule has 3 aromatic rings. The van der Waals surface area contributed by atoms with Crippen molar-refractivity contribution in [3.05, 3.63) is 65.4 Å². The third-order valence-electron chi connectivity index (χ3n) is 3.24. The van der Waals surface area contributed by atoms with Crippen molar-refractivity contribution in [3.8, 4) is 11.8 Å². The molecule has 3 rings (SSSR count). The van der Waals surface area contributed by atoms with Crippen LogP contribution in [-0.2, 0) is 0 Å². The molecule has 2 aromatic carbocycles. The standard InChI is InChI=1S/C17H11NO3/c1-11-13-7-3-5-9-15(13)20-16(11)17(19)21-14-8-4-2-6-12(14)10-18/h2-9H,1H3. The third-order valence-corrected chi connectivity index (χ3v) is 3.24. The van der Waals surface area contributed by atoms with E-state index in [1.165, 1.54) is 0 Å². The average molecular weight is 277 g/mol. The number of nitrogens with zero attached hydrogens (tertiary/aromatic N) is 1. The van der Waals surface area contributed by atoms with E-state index in [1.807, 2.05) is 24.3 Å². The number of rotatable bonds is 2. The van der Waals surface area contributed by atoms with Crippen molar-refractivity contribution in [2.24, 2.45) is 0 Å². The summed E-state index contributed by atoms with van der Waals surface area (Å²) in [6.45, 7) is 1.80. The van der Waals surface area contributed by atoms with Crippen LogP contribution in [-0.4, -0.2) is 5.97 Å². The van der Waals surface area contributed by atoms with E-state index in [0.29, 0.717) is 11.1 Å². The van der Waals surface area contributed by atoms with E-state index in [2.05, 4.69) is 0 Å².